The fourth-order valence-corrected chi connectivity index (χ4v) is 7.33. The Morgan fingerprint density at radius 1 is 0.918 bits per heavy atom. The minimum Gasteiger partial charge on any atom is -0.463 e. The maximum Gasteiger partial charge on any atom is 0.303 e. The van der Waals surface area contributed by atoms with Gasteiger partial charge in [-0.25, -0.2) is 4.99 Å². The predicted octanol–water partition coefficient (Wildman–Crippen LogP) is 0.632. The number of benzene rings is 1. The molecule has 0 saturated carbocycles. The number of nitrogens with zero attached hydrogens (tertiary/aromatic N) is 3. The maximum atomic E-state index is 13.9. The van der Waals surface area contributed by atoms with E-state index < -0.39 is 79.0 Å². The monoisotopic (exact) mass is 672 g/mol. The van der Waals surface area contributed by atoms with Crippen LogP contribution in [0.1, 0.15) is 54.0 Å². The Bertz CT molecular complexity index is 2090. The summed E-state index contributed by atoms with van der Waals surface area (Å²) in [5, 5.41) is 0.984. The van der Waals surface area contributed by atoms with Crippen LogP contribution in [0.2, 0.25) is 0 Å². The Hall–Kier alpha value is -5.57. The number of amides is 2. The number of allylic oxidation sites excluding steroid dienone is 3. The van der Waals surface area contributed by atoms with E-state index in [2.05, 4.69) is 9.98 Å². The third-order valence-electron chi connectivity index (χ3n) is 9.06. The van der Waals surface area contributed by atoms with Crippen molar-refractivity contribution < 1.29 is 52.5 Å². The lowest BCUT2D eigenvalue weighted by Gasteiger charge is -2.49. The van der Waals surface area contributed by atoms with Crippen molar-refractivity contribution in [2.24, 2.45) is 4.99 Å². The van der Waals surface area contributed by atoms with Crippen LogP contribution in [-0.2, 0) is 49.3 Å². The second kappa shape index (κ2) is 11.8. The van der Waals surface area contributed by atoms with Gasteiger partial charge in [0.1, 0.15) is 18.2 Å². The molecule has 1 fully saturated rings. The Labute approximate surface area is 278 Å². The van der Waals surface area contributed by atoms with E-state index in [4.69, 9.17) is 23.7 Å². The third kappa shape index (κ3) is 5.03. The van der Waals surface area contributed by atoms with Crippen molar-refractivity contribution in [3.05, 3.63) is 64.0 Å². The molecule has 1 aromatic carbocycles. The third-order valence-corrected chi connectivity index (χ3v) is 9.06. The number of aromatic amines is 1. The van der Waals surface area contributed by atoms with E-state index in [1.807, 2.05) is 18.2 Å². The molecular formula is C34H32N4O11. The summed E-state index contributed by atoms with van der Waals surface area (Å²) in [5.41, 5.74) is 3.28. The summed E-state index contributed by atoms with van der Waals surface area (Å²) in [7, 11) is 1.43. The van der Waals surface area contributed by atoms with Crippen molar-refractivity contribution in [2.45, 2.75) is 70.8 Å². The second-order valence-corrected chi connectivity index (χ2v) is 12.2. The van der Waals surface area contributed by atoms with Gasteiger partial charge in [-0.2, -0.15) is 0 Å². The van der Waals surface area contributed by atoms with Crippen LogP contribution >= 0.6 is 0 Å². The lowest BCUT2D eigenvalue weighted by atomic mass is 9.94. The number of hydrogen-bond acceptors (Lipinski definition) is 13. The molecule has 4 aliphatic heterocycles. The summed E-state index contributed by atoms with van der Waals surface area (Å²) in [4.78, 5) is 87.9. The van der Waals surface area contributed by atoms with E-state index >= 15 is 0 Å². The lowest BCUT2D eigenvalue weighted by Crippen LogP contribution is -2.67. The molecule has 1 N–H and O–H groups in total. The van der Waals surface area contributed by atoms with Crippen molar-refractivity contribution in [1.29, 1.82) is 0 Å². The van der Waals surface area contributed by atoms with Crippen LogP contribution in [0.3, 0.4) is 0 Å². The number of imide groups is 1. The van der Waals surface area contributed by atoms with Gasteiger partial charge in [-0.3, -0.25) is 33.7 Å². The largest absolute Gasteiger partial charge is 0.463 e. The fourth-order valence-electron chi connectivity index (χ4n) is 7.33. The van der Waals surface area contributed by atoms with Crippen molar-refractivity contribution in [3.8, 4) is 0 Å². The number of carbonyl (C=O) groups is 6. The van der Waals surface area contributed by atoms with E-state index in [9.17, 15) is 28.8 Å². The van der Waals surface area contributed by atoms with Gasteiger partial charge in [-0.05, 0) is 12.0 Å². The van der Waals surface area contributed by atoms with E-state index in [1.54, 1.807) is 23.3 Å². The molecule has 5 aliphatic rings. The summed E-state index contributed by atoms with van der Waals surface area (Å²) in [6.45, 7) is 4.26. The predicted molar refractivity (Wildman–Crippen MR) is 168 cm³/mol. The van der Waals surface area contributed by atoms with Gasteiger partial charge in [-0.15, -0.1) is 0 Å². The molecule has 6 atom stereocenters. The highest BCUT2D eigenvalue weighted by Gasteiger charge is 2.57. The molecule has 254 valence electrons. The molecule has 49 heavy (non-hydrogen) atoms. The van der Waals surface area contributed by atoms with Gasteiger partial charge in [0.15, 0.2) is 24.5 Å². The summed E-state index contributed by atoms with van der Waals surface area (Å²) < 4.78 is 29.1. The first kappa shape index (κ1) is 32.0. The summed E-state index contributed by atoms with van der Waals surface area (Å²) in [6.07, 6.45) is 4.51. The lowest BCUT2D eigenvalue weighted by molar-refractivity contribution is -0.252. The number of ether oxygens (including phenoxy) is 5. The minimum atomic E-state index is -1.42. The standard InChI is InChI=1S/C34H32N4O11/c1-14(39)45-13-21-28(46-15(2)40)29(47-16(3)41)30(48-17(4)42)34(49-21)38-20-11-7-6-9-18(20)23-25-24(32(43)37(5)33(25)44)22-19-10-8-12-35-31(19)36-26(22)27(23)38/h6-9,11-12,20-21,28-30,34H,10,13H2,1-5H3,(H,35,36)/t20?,21-,28-,29+,30-,34-/m1/s1. The number of fused-ring (bicyclic) bond motifs is 9. The zero-order valence-corrected chi connectivity index (χ0v) is 27.2. The van der Waals surface area contributed by atoms with E-state index in [1.165, 1.54) is 20.9 Å². The second-order valence-electron chi connectivity index (χ2n) is 12.2. The van der Waals surface area contributed by atoms with Gasteiger partial charge in [0.25, 0.3) is 11.8 Å². The van der Waals surface area contributed by atoms with Crippen molar-refractivity contribution in [3.63, 3.8) is 0 Å². The van der Waals surface area contributed by atoms with Gasteiger partial charge in [0, 0.05) is 57.1 Å². The van der Waals surface area contributed by atoms with Crippen LogP contribution in [-0.4, -0.2) is 95.9 Å². The Balaban J connectivity index is 1.52. The highest BCUT2D eigenvalue weighted by molar-refractivity contribution is 6.29. The fraction of sp³-hybridized carbons (Fsp3) is 0.382. The molecule has 0 spiro atoms. The van der Waals surface area contributed by atoms with Gasteiger partial charge in [0.2, 0.25) is 0 Å². The molecule has 1 aromatic heterocycles. The number of nitrogens with one attached hydrogen (secondary N) is 1. The number of anilines is 1. The van der Waals surface area contributed by atoms with Gasteiger partial charge < -0.3 is 33.6 Å². The first-order chi connectivity index (χ1) is 23.4. The number of H-pyrrole nitrogens is 1. The molecule has 2 amide bonds. The quantitative estimate of drug-likeness (QED) is 0.257. The first-order valence-electron chi connectivity index (χ1n) is 15.6. The molecule has 1 aliphatic carbocycles. The van der Waals surface area contributed by atoms with E-state index in [0.717, 1.165) is 24.3 Å². The van der Waals surface area contributed by atoms with Crippen LogP contribution < -0.4 is 15.6 Å². The number of hydrogen-bond donors (Lipinski definition) is 1. The number of rotatable bonds is 6. The molecular weight excluding hydrogens is 640 g/mol. The molecule has 7 rings (SSSR count). The zero-order chi connectivity index (χ0) is 34.9. The van der Waals surface area contributed by atoms with Crippen molar-refractivity contribution in [1.82, 2.24) is 9.88 Å². The molecule has 0 bridgehead atoms. The van der Waals surface area contributed by atoms with Crippen molar-refractivity contribution in [2.75, 3.05) is 18.6 Å². The van der Waals surface area contributed by atoms with Crippen LogP contribution in [0.5, 0.6) is 0 Å². The minimum absolute atomic E-state index is 0.208. The van der Waals surface area contributed by atoms with E-state index in [0.29, 0.717) is 39.3 Å². The number of aromatic nitrogens is 1. The van der Waals surface area contributed by atoms with Gasteiger partial charge >= 0.3 is 23.9 Å². The first-order valence-corrected chi connectivity index (χ1v) is 15.6. The van der Waals surface area contributed by atoms with Crippen molar-refractivity contribution >= 4 is 57.9 Å². The molecule has 1 unspecified atom stereocenters. The Morgan fingerprint density at radius 3 is 2.29 bits per heavy atom. The molecule has 15 heteroatoms. The molecule has 1 saturated heterocycles. The average molecular weight is 673 g/mol. The normalized spacial score (nSPS) is 26.2. The highest BCUT2D eigenvalue weighted by atomic mass is 16.7. The summed E-state index contributed by atoms with van der Waals surface area (Å²) in [5.74, 6) is -3.86. The molecule has 0 radical (unpaired) electrons. The van der Waals surface area contributed by atoms with Crippen LogP contribution in [0, 0.1) is 0 Å². The van der Waals surface area contributed by atoms with Crippen LogP contribution in [0.15, 0.2) is 41.6 Å². The van der Waals surface area contributed by atoms with Crippen LogP contribution in [0.4, 0.5) is 5.69 Å². The highest BCUT2D eigenvalue weighted by Crippen LogP contribution is 2.44. The Morgan fingerprint density at radius 2 is 1.59 bits per heavy atom. The topological polar surface area (TPSA) is 183 Å². The number of esters is 4. The van der Waals surface area contributed by atoms with E-state index in [-0.39, 0.29) is 11.1 Å². The smallest absolute Gasteiger partial charge is 0.303 e. The van der Waals surface area contributed by atoms with Gasteiger partial charge in [-0.1, -0.05) is 30.4 Å². The number of carbonyl (C=O) groups excluding carboxylic acids is 6. The zero-order valence-electron chi connectivity index (χ0n) is 27.2. The average Bonchev–Trinajstić information content (AvgIpc) is 3.66. The summed E-state index contributed by atoms with van der Waals surface area (Å²) in [6, 6.07) is -0.653. The van der Waals surface area contributed by atoms with Crippen LogP contribution in [0.25, 0.3) is 16.5 Å². The SMILES string of the molecule is CC(=O)OC[C@H]1O[C@@H](N2c3c(c4c(c5c6c([nH]c35)=NC=CC6)C(=O)N(C)C4=O)=C3C=CC=CC32)[C@H](OC(C)=O)[C@@H](OC(C)=O)[C@@H]1OC(C)=O. The molecule has 2 aromatic rings. The molecule has 5 heterocycles. The maximum absolute atomic E-state index is 13.9. The molecule has 15 nitrogen and oxygen atoms in total. The Kier molecular flexibility index (Phi) is 7.73. The summed E-state index contributed by atoms with van der Waals surface area (Å²) >= 11 is 0. The van der Waals surface area contributed by atoms with Gasteiger partial charge in [0.05, 0.1) is 28.4 Å².